The molecule has 0 aromatic heterocycles. The molecule has 0 radical (unpaired) electrons. The summed E-state index contributed by atoms with van der Waals surface area (Å²) in [5.41, 5.74) is 9.77. The number of rotatable bonds is 4. The van der Waals surface area contributed by atoms with E-state index in [-0.39, 0.29) is 6.04 Å². The second-order valence-electron chi connectivity index (χ2n) is 5.30. The van der Waals surface area contributed by atoms with Crippen molar-refractivity contribution in [1.82, 2.24) is 0 Å². The van der Waals surface area contributed by atoms with E-state index >= 15 is 0 Å². The molecule has 0 aliphatic heterocycles. The molecule has 0 aliphatic rings. The maximum absolute atomic E-state index is 6.14. The lowest BCUT2D eigenvalue weighted by atomic mass is 10.1. The highest BCUT2D eigenvalue weighted by Gasteiger charge is 2.09. The third-order valence-electron chi connectivity index (χ3n) is 3.12. The number of hydrogen-bond acceptors (Lipinski definition) is 2. The summed E-state index contributed by atoms with van der Waals surface area (Å²) in [5, 5.41) is 0.769. The van der Waals surface area contributed by atoms with Gasteiger partial charge in [0.25, 0.3) is 0 Å². The molecule has 0 saturated carbocycles. The molecule has 1 unspecified atom stereocenters. The van der Waals surface area contributed by atoms with E-state index in [4.69, 9.17) is 17.3 Å². The number of hydrogen-bond donors (Lipinski definition) is 1. The fraction of sp³-hybridized carbons (Fsp3) is 0.294. The predicted molar refractivity (Wildman–Crippen MR) is 88.8 cm³/mol. The van der Waals surface area contributed by atoms with Gasteiger partial charge in [0, 0.05) is 20.9 Å². The molecule has 0 amide bonds. The lowest BCUT2D eigenvalue weighted by Crippen LogP contribution is -2.18. The van der Waals surface area contributed by atoms with Crippen molar-refractivity contribution in [3.05, 3.63) is 58.1 Å². The molecule has 2 rings (SSSR count). The molecule has 2 aromatic rings. The van der Waals surface area contributed by atoms with Crippen molar-refractivity contribution in [2.24, 2.45) is 5.73 Å². The van der Waals surface area contributed by atoms with Gasteiger partial charge in [0.05, 0.1) is 0 Å². The maximum atomic E-state index is 6.14. The van der Waals surface area contributed by atoms with Gasteiger partial charge in [0.2, 0.25) is 0 Å². The highest BCUT2D eigenvalue weighted by molar-refractivity contribution is 7.99. The van der Waals surface area contributed by atoms with Crippen LogP contribution in [-0.2, 0) is 6.42 Å². The summed E-state index contributed by atoms with van der Waals surface area (Å²) in [5.74, 6) is 0. The molecule has 3 heteroatoms. The van der Waals surface area contributed by atoms with Gasteiger partial charge in [-0.05, 0) is 56.5 Å². The van der Waals surface area contributed by atoms with Crippen LogP contribution < -0.4 is 5.73 Å². The molecule has 2 N–H and O–H groups in total. The highest BCUT2D eigenvalue weighted by Crippen LogP contribution is 2.35. The normalized spacial score (nSPS) is 12.4. The van der Waals surface area contributed by atoms with Gasteiger partial charge in [-0.25, -0.2) is 0 Å². The van der Waals surface area contributed by atoms with Crippen molar-refractivity contribution in [1.29, 1.82) is 0 Å². The van der Waals surface area contributed by atoms with Crippen molar-refractivity contribution in [2.75, 3.05) is 0 Å². The first-order valence-corrected chi connectivity index (χ1v) is 7.94. The second kappa shape index (κ2) is 6.66. The summed E-state index contributed by atoms with van der Waals surface area (Å²) < 4.78 is 0. The smallest absolute Gasteiger partial charge is 0.0417 e. The zero-order chi connectivity index (χ0) is 14.7. The van der Waals surface area contributed by atoms with Gasteiger partial charge in [0.15, 0.2) is 0 Å². The Kier molecular flexibility index (Phi) is 5.14. The van der Waals surface area contributed by atoms with Gasteiger partial charge >= 0.3 is 0 Å². The van der Waals surface area contributed by atoms with Crippen LogP contribution in [0.25, 0.3) is 0 Å². The number of nitrogens with two attached hydrogens (primary N) is 1. The van der Waals surface area contributed by atoms with Crippen molar-refractivity contribution in [3.63, 3.8) is 0 Å². The minimum Gasteiger partial charge on any atom is -0.328 e. The van der Waals surface area contributed by atoms with E-state index in [1.165, 1.54) is 26.5 Å². The SMILES string of the molecule is Cc1ccc(Sc2cc(Cl)ccc2CC(C)N)c(C)c1. The molecule has 0 aliphatic carbocycles. The van der Waals surface area contributed by atoms with Crippen LogP contribution in [0.2, 0.25) is 5.02 Å². The maximum Gasteiger partial charge on any atom is 0.0417 e. The first-order valence-electron chi connectivity index (χ1n) is 6.75. The van der Waals surface area contributed by atoms with Crippen LogP contribution in [0, 0.1) is 13.8 Å². The van der Waals surface area contributed by atoms with Gasteiger partial charge in [-0.1, -0.05) is 47.1 Å². The molecule has 2 aromatic carbocycles. The summed E-state index contributed by atoms with van der Waals surface area (Å²) in [6.07, 6.45) is 0.865. The molecule has 0 spiro atoms. The van der Waals surface area contributed by atoms with Crippen molar-refractivity contribution < 1.29 is 0 Å². The summed E-state index contributed by atoms with van der Waals surface area (Å²) in [4.78, 5) is 2.46. The third kappa shape index (κ3) is 4.02. The quantitative estimate of drug-likeness (QED) is 0.860. The molecule has 0 fully saturated rings. The van der Waals surface area contributed by atoms with E-state index in [0.717, 1.165) is 11.4 Å². The molecule has 106 valence electrons. The Hall–Kier alpha value is -0.960. The van der Waals surface area contributed by atoms with Crippen molar-refractivity contribution >= 4 is 23.4 Å². The van der Waals surface area contributed by atoms with E-state index < -0.39 is 0 Å². The largest absolute Gasteiger partial charge is 0.328 e. The van der Waals surface area contributed by atoms with Gasteiger partial charge in [-0.15, -0.1) is 0 Å². The monoisotopic (exact) mass is 305 g/mol. The average Bonchev–Trinajstić information content (AvgIpc) is 2.35. The standard InChI is InChI=1S/C17H20ClNS/c1-11-4-7-16(12(2)8-11)20-17-10-15(18)6-5-14(17)9-13(3)19/h4-8,10,13H,9,19H2,1-3H3. The third-order valence-corrected chi connectivity index (χ3v) is 4.63. The Bertz CT molecular complexity index is 608. The minimum absolute atomic E-state index is 0.148. The number of halogens is 1. The molecular formula is C17H20ClNS. The van der Waals surface area contributed by atoms with Gasteiger partial charge < -0.3 is 5.73 Å². The summed E-state index contributed by atoms with van der Waals surface area (Å²) in [7, 11) is 0. The average molecular weight is 306 g/mol. The van der Waals surface area contributed by atoms with E-state index in [9.17, 15) is 0 Å². The lowest BCUT2D eigenvalue weighted by Gasteiger charge is -2.13. The molecular weight excluding hydrogens is 286 g/mol. The van der Waals surface area contributed by atoms with Crippen LogP contribution in [0.1, 0.15) is 23.6 Å². The first-order chi connectivity index (χ1) is 9.45. The fourth-order valence-corrected chi connectivity index (χ4v) is 3.47. The van der Waals surface area contributed by atoms with Gasteiger partial charge in [0.1, 0.15) is 0 Å². The Labute approximate surface area is 130 Å². The van der Waals surface area contributed by atoms with Gasteiger partial charge in [-0.3, -0.25) is 0 Å². The Morgan fingerprint density at radius 2 is 1.85 bits per heavy atom. The predicted octanol–water partition coefficient (Wildman–Crippen LogP) is 5.00. The second-order valence-corrected chi connectivity index (χ2v) is 6.82. The Morgan fingerprint density at radius 1 is 1.10 bits per heavy atom. The van der Waals surface area contributed by atoms with E-state index in [0.29, 0.717) is 0 Å². The van der Waals surface area contributed by atoms with Crippen LogP contribution in [-0.4, -0.2) is 6.04 Å². The minimum atomic E-state index is 0.148. The summed E-state index contributed by atoms with van der Waals surface area (Å²) >= 11 is 7.91. The zero-order valence-corrected chi connectivity index (χ0v) is 13.7. The van der Waals surface area contributed by atoms with Crippen LogP contribution in [0.5, 0.6) is 0 Å². The molecule has 1 atom stereocenters. The molecule has 1 nitrogen and oxygen atoms in total. The lowest BCUT2D eigenvalue weighted by molar-refractivity contribution is 0.729. The van der Waals surface area contributed by atoms with E-state index in [2.05, 4.69) is 38.1 Å². The van der Waals surface area contributed by atoms with Crippen LogP contribution >= 0.6 is 23.4 Å². The number of aryl methyl sites for hydroxylation is 2. The summed E-state index contributed by atoms with van der Waals surface area (Å²) in [6.45, 7) is 6.29. The summed E-state index contributed by atoms with van der Waals surface area (Å²) in [6, 6.07) is 12.7. The van der Waals surface area contributed by atoms with E-state index in [1.807, 2.05) is 19.1 Å². The zero-order valence-electron chi connectivity index (χ0n) is 12.1. The molecule has 0 saturated heterocycles. The van der Waals surface area contributed by atoms with Crippen molar-refractivity contribution in [2.45, 2.75) is 43.0 Å². The van der Waals surface area contributed by atoms with Gasteiger partial charge in [-0.2, -0.15) is 0 Å². The van der Waals surface area contributed by atoms with Crippen LogP contribution in [0.4, 0.5) is 0 Å². The Morgan fingerprint density at radius 3 is 2.50 bits per heavy atom. The molecule has 0 heterocycles. The number of benzene rings is 2. The Balaban J connectivity index is 2.34. The highest BCUT2D eigenvalue weighted by atomic mass is 35.5. The van der Waals surface area contributed by atoms with Crippen molar-refractivity contribution in [3.8, 4) is 0 Å². The topological polar surface area (TPSA) is 26.0 Å². The molecule has 0 bridgehead atoms. The van der Waals surface area contributed by atoms with Crippen LogP contribution in [0.15, 0.2) is 46.2 Å². The molecule has 20 heavy (non-hydrogen) atoms. The van der Waals surface area contributed by atoms with Crippen LogP contribution in [0.3, 0.4) is 0 Å². The fourth-order valence-electron chi connectivity index (χ4n) is 2.17. The van der Waals surface area contributed by atoms with E-state index in [1.54, 1.807) is 11.8 Å². The first kappa shape index (κ1) is 15.4.